The maximum atomic E-state index is 12.9. The lowest BCUT2D eigenvalue weighted by Gasteiger charge is -2.14. The van der Waals surface area contributed by atoms with Crippen molar-refractivity contribution < 1.29 is 23.0 Å². The van der Waals surface area contributed by atoms with Crippen LogP contribution >= 0.6 is 0 Å². The standard InChI is InChI=1S/C11H13F2NO3/c1-6-7(4-9(15)17-3)10(11(12)13)8(16-2)5-14-6/h5,11H,4H2,1-3H3. The minimum absolute atomic E-state index is 0.0236. The van der Waals surface area contributed by atoms with Crippen LogP contribution in [0.1, 0.15) is 23.2 Å². The Kier molecular flexibility index (Phi) is 4.37. The molecular formula is C11H13F2NO3. The summed E-state index contributed by atoms with van der Waals surface area (Å²) < 4.78 is 35.2. The van der Waals surface area contributed by atoms with Crippen LogP contribution in [0.3, 0.4) is 0 Å². The van der Waals surface area contributed by atoms with Gasteiger partial charge in [-0.25, -0.2) is 8.78 Å². The molecule has 0 saturated carbocycles. The molecule has 0 fully saturated rings. The van der Waals surface area contributed by atoms with Gasteiger partial charge in [0, 0.05) is 5.69 Å². The highest BCUT2D eigenvalue weighted by Gasteiger charge is 2.23. The molecule has 94 valence electrons. The fraction of sp³-hybridized carbons (Fsp3) is 0.455. The molecule has 0 aromatic carbocycles. The quantitative estimate of drug-likeness (QED) is 0.762. The molecule has 0 saturated heterocycles. The number of ether oxygens (including phenoxy) is 2. The van der Waals surface area contributed by atoms with Gasteiger partial charge in [0.05, 0.1) is 32.4 Å². The molecule has 17 heavy (non-hydrogen) atoms. The molecule has 1 aromatic heterocycles. The largest absolute Gasteiger partial charge is 0.495 e. The summed E-state index contributed by atoms with van der Waals surface area (Å²) >= 11 is 0. The Hall–Kier alpha value is -1.72. The molecule has 0 aliphatic heterocycles. The van der Waals surface area contributed by atoms with E-state index in [1.807, 2.05) is 0 Å². The monoisotopic (exact) mass is 245 g/mol. The molecule has 0 atom stereocenters. The first-order chi connectivity index (χ1) is 8.01. The average molecular weight is 245 g/mol. The molecule has 1 heterocycles. The van der Waals surface area contributed by atoms with E-state index < -0.39 is 12.4 Å². The second-order valence-electron chi connectivity index (χ2n) is 3.36. The third kappa shape index (κ3) is 2.89. The summed E-state index contributed by atoms with van der Waals surface area (Å²) in [6, 6.07) is 0. The van der Waals surface area contributed by atoms with E-state index in [0.29, 0.717) is 5.69 Å². The van der Waals surface area contributed by atoms with Crippen molar-refractivity contribution in [2.75, 3.05) is 14.2 Å². The van der Waals surface area contributed by atoms with Gasteiger partial charge >= 0.3 is 5.97 Å². The summed E-state index contributed by atoms with van der Waals surface area (Å²) in [5, 5.41) is 0. The van der Waals surface area contributed by atoms with Crippen LogP contribution in [-0.2, 0) is 16.0 Å². The maximum Gasteiger partial charge on any atom is 0.310 e. The van der Waals surface area contributed by atoms with Gasteiger partial charge in [-0.05, 0) is 12.5 Å². The molecule has 0 bridgehead atoms. The summed E-state index contributed by atoms with van der Waals surface area (Å²) in [6.07, 6.45) is -1.75. The number of rotatable bonds is 4. The summed E-state index contributed by atoms with van der Waals surface area (Å²) in [7, 11) is 2.48. The highest BCUT2D eigenvalue weighted by atomic mass is 19.3. The Balaban J connectivity index is 3.28. The summed E-state index contributed by atoms with van der Waals surface area (Å²) in [6.45, 7) is 1.56. The summed E-state index contributed by atoms with van der Waals surface area (Å²) in [4.78, 5) is 15.1. The van der Waals surface area contributed by atoms with Crippen molar-refractivity contribution in [1.82, 2.24) is 4.98 Å². The van der Waals surface area contributed by atoms with Crippen LogP contribution in [0.5, 0.6) is 5.75 Å². The zero-order valence-corrected chi connectivity index (χ0v) is 9.79. The zero-order valence-electron chi connectivity index (χ0n) is 9.79. The highest BCUT2D eigenvalue weighted by Crippen LogP contribution is 2.33. The lowest BCUT2D eigenvalue weighted by molar-refractivity contribution is -0.139. The van der Waals surface area contributed by atoms with E-state index in [2.05, 4.69) is 9.72 Å². The molecule has 6 heteroatoms. The molecule has 4 nitrogen and oxygen atoms in total. The van der Waals surface area contributed by atoms with Crippen molar-refractivity contribution in [2.45, 2.75) is 19.8 Å². The van der Waals surface area contributed by atoms with E-state index >= 15 is 0 Å². The number of halogens is 2. The highest BCUT2D eigenvalue weighted by molar-refractivity contribution is 5.73. The summed E-state index contributed by atoms with van der Waals surface area (Å²) in [5.41, 5.74) is 0.225. The van der Waals surface area contributed by atoms with E-state index in [1.165, 1.54) is 20.4 Å². The second kappa shape index (κ2) is 5.56. The van der Waals surface area contributed by atoms with E-state index in [1.54, 1.807) is 6.92 Å². The number of carbonyl (C=O) groups is 1. The van der Waals surface area contributed by atoms with Crippen LogP contribution in [0.4, 0.5) is 8.78 Å². The number of alkyl halides is 2. The molecule has 0 aliphatic rings. The van der Waals surface area contributed by atoms with Gasteiger partial charge in [-0.15, -0.1) is 0 Å². The minimum atomic E-state index is -2.73. The van der Waals surface area contributed by atoms with Gasteiger partial charge in [-0.3, -0.25) is 9.78 Å². The fourth-order valence-electron chi connectivity index (χ4n) is 1.49. The third-order valence-corrected chi connectivity index (χ3v) is 2.39. The Labute approximate surface area is 97.6 Å². The lowest BCUT2D eigenvalue weighted by Crippen LogP contribution is -2.11. The Morgan fingerprint density at radius 3 is 2.59 bits per heavy atom. The predicted octanol–water partition coefficient (Wildman–Crippen LogP) is 2.05. The number of carbonyl (C=O) groups excluding carboxylic acids is 1. The number of hydrogen-bond donors (Lipinski definition) is 0. The number of hydrogen-bond acceptors (Lipinski definition) is 4. The van der Waals surface area contributed by atoms with E-state index in [4.69, 9.17) is 4.74 Å². The molecule has 0 N–H and O–H groups in total. The van der Waals surface area contributed by atoms with Crippen molar-refractivity contribution in [1.29, 1.82) is 0 Å². The number of aromatic nitrogens is 1. The fourth-order valence-corrected chi connectivity index (χ4v) is 1.49. The van der Waals surface area contributed by atoms with E-state index in [-0.39, 0.29) is 23.3 Å². The van der Waals surface area contributed by atoms with Crippen molar-refractivity contribution >= 4 is 5.97 Å². The molecule has 0 aliphatic carbocycles. The maximum absolute atomic E-state index is 12.9. The second-order valence-corrected chi connectivity index (χ2v) is 3.36. The van der Waals surface area contributed by atoms with Crippen molar-refractivity contribution in [2.24, 2.45) is 0 Å². The van der Waals surface area contributed by atoms with Crippen molar-refractivity contribution in [3.05, 3.63) is 23.0 Å². The SMILES string of the molecule is COC(=O)Cc1c(C)ncc(OC)c1C(F)F. The Morgan fingerprint density at radius 1 is 1.47 bits per heavy atom. The molecule has 0 spiro atoms. The predicted molar refractivity (Wildman–Crippen MR) is 56.2 cm³/mol. The molecular weight excluding hydrogens is 232 g/mol. The minimum Gasteiger partial charge on any atom is -0.495 e. The number of nitrogens with zero attached hydrogens (tertiary/aromatic N) is 1. The smallest absolute Gasteiger partial charge is 0.310 e. The molecule has 1 aromatic rings. The first-order valence-electron chi connectivity index (χ1n) is 4.88. The van der Waals surface area contributed by atoms with Crippen LogP contribution in [-0.4, -0.2) is 25.2 Å². The van der Waals surface area contributed by atoms with Gasteiger partial charge in [0.25, 0.3) is 6.43 Å². The van der Waals surface area contributed by atoms with Crippen molar-refractivity contribution in [3.63, 3.8) is 0 Å². The first-order valence-corrected chi connectivity index (χ1v) is 4.88. The van der Waals surface area contributed by atoms with Crippen LogP contribution in [0.2, 0.25) is 0 Å². The third-order valence-electron chi connectivity index (χ3n) is 2.39. The van der Waals surface area contributed by atoms with Crippen LogP contribution < -0.4 is 4.74 Å². The van der Waals surface area contributed by atoms with Crippen molar-refractivity contribution in [3.8, 4) is 5.75 Å². The van der Waals surface area contributed by atoms with Gasteiger partial charge in [0.1, 0.15) is 5.75 Å². The normalized spacial score (nSPS) is 10.5. The van der Waals surface area contributed by atoms with Gasteiger partial charge in [0.2, 0.25) is 0 Å². The van der Waals surface area contributed by atoms with Crippen LogP contribution in [0.15, 0.2) is 6.20 Å². The molecule has 0 radical (unpaired) electrons. The Bertz CT molecular complexity index is 421. The topological polar surface area (TPSA) is 48.4 Å². The molecule has 0 unspecified atom stereocenters. The van der Waals surface area contributed by atoms with Gasteiger partial charge in [-0.2, -0.15) is 0 Å². The van der Waals surface area contributed by atoms with Crippen LogP contribution in [0.25, 0.3) is 0 Å². The van der Waals surface area contributed by atoms with E-state index in [9.17, 15) is 13.6 Å². The first kappa shape index (κ1) is 13.3. The zero-order chi connectivity index (χ0) is 13.0. The number of aryl methyl sites for hydroxylation is 1. The van der Waals surface area contributed by atoms with Crippen LogP contribution in [0, 0.1) is 6.92 Å². The number of pyridine rings is 1. The van der Waals surface area contributed by atoms with Gasteiger partial charge < -0.3 is 9.47 Å². The summed E-state index contributed by atoms with van der Waals surface area (Å²) in [5.74, 6) is -0.616. The average Bonchev–Trinajstić information content (AvgIpc) is 2.30. The molecule has 1 rings (SSSR count). The lowest BCUT2D eigenvalue weighted by atomic mass is 10.0. The molecule has 0 amide bonds. The Morgan fingerprint density at radius 2 is 2.12 bits per heavy atom. The van der Waals surface area contributed by atoms with E-state index in [0.717, 1.165) is 0 Å². The van der Waals surface area contributed by atoms with Gasteiger partial charge in [0.15, 0.2) is 0 Å². The number of methoxy groups -OCH3 is 2. The number of esters is 1. The van der Waals surface area contributed by atoms with Gasteiger partial charge in [-0.1, -0.05) is 0 Å².